The van der Waals surface area contributed by atoms with E-state index in [0.29, 0.717) is 42.3 Å². The molecule has 0 saturated carbocycles. The summed E-state index contributed by atoms with van der Waals surface area (Å²) >= 11 is 0. The van der Waals surface area contributed by atoms with Gasteiger partial charge >= 0.3 is 0 Å². The van der Waals surface area contributed by atoms with Crippen LogP contribution in [0.3, 0.4) is 0 Å². The van der Waals surface area contributed by atoms with Crippen LogP contribution in [-0.4, -0.2) is 55.4 Å². The Kier molecular flexibility index (Phi) is 4.55. The van der Waals surface area contributed by atoms with Crippen LogP contribution in [0.15, 0.2) is 53.4 Å². The number of fused-ring (bicyclic) bond motifs is 1. The summed E-state index contributed by atoms with van der Waals surface area (Å²) < 4.78 is 5.10. The number of hydrogen-bond donors (Lipinski definition) is 0. The van der Waals surface area contributed by atoms with Crippen molar-refractivity contribution in [1.29, 1.82) is 0 Å². The summed E-state index contributed by atoms with van der Waals surface area (Å²) in [4.78, 5) is 30.2. The molecule has 8 nitrogen and oxygen atoms in total. The van der Waals surface area contributed by atoms with E-state index in [1.54, 1.807) is 25.5 Å². The highest BCUT2D eigenvalue weighted by Crippen LogP contribution is 2.45. The van der Waals surface area contributed by atoms with Gasteiger partial charge in [0, 0.05) is 44.9 Å². The maximum Gasteiger partial charge on any atom is 0.274 e. The predicted molar refractivity (Wildman–Crippen MR) is 104 cm³/mol. The molecule has 0 radical (unpaired) electrons. The Hall–Kier alpha value is -3.13. The van der Waals surface area contributed by atoms with E-state index in [0.717, 1.165) is 18.7 Å². The number of aromatic nitrogens is 4. The largest absolute Gasteiger partial charge is 0.340 e. The lowest BCUT2D eigenvalue weighted by molar-refractivity contribution is 0.0692. The first-order chi connectivity index (χ1) is 14.2. The zero-order valence-corrected chi connectivity index (χ0v) is 16.2. The number of likely N-dealkylation sites (tertiary alicyclic amines) is 2. The molecular formula is C21H22N6O2. The van der Waals surface area contributed by atoms with Gasteiger partial charge in [0.1, 0.15) is 5.69 Å². The molecule has 2 fully saturated rings. The van der Waals surface area contributed by atoms with Crippen molar-refractivity contribution in [3.8, 4) is 0 Å². The summed E-state index contributed by atoms with van der Waals surface area (Å²) in [5.74, 6) is 2.00. The van der Waals surface area contributed by atoms with Gasteiger partial charge in [-0.25, -0.2) is 4.98 Å². The average Bonchev–Trinajstić information content (AvgIpc) is 3.43. The lowest BCUT2D eigenvalue weighted by Crippen LogP contribution is -2.36. The molecule has 0 unspecified atom stereocenters. The van der Waals surface area contributed by atoms with Gasteiger partial charge in [0.2, 0.25) is 5.89 Å². The zero-order chi connectivity index (χ0) is 19.8. The molecule has 4 heterocycles. The topological polar surface area (TPSA) is 88.3 Å². The first-order valence-corrected chi connectivity index (χ1v) is 9.82. The average molecular weight is 390 g/mol. The Morgan fingerprint density at radius 3 is 2.76 bits per heavy atom. The van der Waals surface area contributed by atoms with Gasteiger partial charge in [0.05, 0.1) is 18.8 Å². The molecule has 0 bridgehead atoms. The Morgan fingerprint density at radius 1 is 1.17 bits per heavy atom. The van der Waals surface area contributed by atoms with Gasteiger partial charge in [0.15, 0.2) is 5.82 Å². The van der Waals surface area contributed by atoms with Crippen molar-refractivity contribution in [1.82, 2.24) is 29.9 Å². The molecule has 0 spiro atoms. The van der Waals surface area contributed by atoms with Gasteiger partial charge in [-0.05, 0) is 11.5 Å². The van der Waals surface area contributed by atoms with Crippen LogP contribution >= 0.6 is 0 Å². The lowest BCUT2D eigenvalue weighted by Gasteiger charge is -2.29. The fourth-order valence-electron chi connectivity index (χ4n) is 4.71. The first kappa shape index (κ1) is 17.9. The zero-order valence-electron chi connectivity index (χ0n) is 16.2. The summed E-state index contributed by atoms with van der Waals surface area (Å²) in [5, 5.41) is 4.03. The van der Waals surface area contributed by atoms with Crippen LogP contribution in [0.2, 0.25) is 0 Å². The molecule has 2 aliphatic heterocycles. The second kappa shape index (κ2) is 7.36. The molecular weight excluding hydrogens is 368 g/mol. The molecule has 2 aliphatic rings. The van der Waals surface area contributed by atoms with Crippen molar-refractivity contribution in [2.24, 2.45) is 11.8 Å². The fraction of sp³-hybridized carbons (Fsp3) is 0.381. The number of hydrogen-bond acceptors (Lipinski definition) is 7. The second-order valence-electron chi connectivity index (χ2n) is 7.75. The highest BCUT2D eigenvalue weighted by Gasteiger charge is 2.49. The van der Waals surface area contributed by atoms with E-state index in [-0.39, 0.29) is 11.9 Å². The molecule has 8 heteroatoms. The van der Waals surface area contributed by atoms with E-state index in [4.69, 9.17) is 4.52 Å². The van der Waals surface area contributed by atoms with Crippen molar-refractivity contribution in [2.75, 3.05) is 19.6 Å². The summed E-state index contributed by atoms with van der Waals surface area (Å²) in [6.07, 6.45) is 4.70. The van der Waals surface area contributed by atoms with Crippen LogP contribution in [0, 0.1) is 18.8 Å². The van der Waals surface area contributed by atoms with Crippen LogP contribution in [0.25, 0.3) is 0 Å². The van der Waals surface area contributed by atoms with Gasteiger partial charge in [-0.3, -0.25) is 14.7 Å². The smallest absolute Gasteiger partial charge is 0.274 e. The van der Waals surface area contributed by atoms with Gasteiger partial charge in [-0.2, -0.15) is 4.98 Å². The van der Waals surface area contributed by atoms with Crippen LogP contribution in [0.4, 0.5) is 0 Å². The predicted octanol–water partition coefficient (Wildman–Crippen LogP) is 2.11. The number of aryl methyl sites for hydroxylation is 1. The molecule has 3 atom stereocenters. The quantitative estimate of drug-likeness (QED) is 0.674. The second-order valence-corrected chi connectivity index (χ2v) is 7.75. The van der Waals surface area contributed by atoms with Crippen LogP contribution in [-0.2, 0) is 6.54 Å². The summed E-state index contributed by atoms with van der Waals surface area (Å²) in [7, 11) is 0. The van der Waals surface area contributed by atoms with Gasteiger partial charge in [-0.1, -0.05) is 35.5 Å². The Balaban J connectivity index is 1.40. The van der Waals surface area contributed by atoms with E-state index >= 15 is 0 Å². The van der Waals surface area contributed by atoms with Crippen molar-refractivity contribution in [3.05, 3.63) is 71.9 Å². The lowest BCUT2D eigenvalue weighted by atomic mass is 9.89. The van der Waals surface area contributed by atoms with Gasteiger partial charge < -0.3 is 9.42 Å². The Labute approximate surface area is 168 Å². The number of rotatable bonds is 4. The highest BCUT2D eigenvalue weighted by atomic mass is 16.5. The van der Waals surface area contributed by atoms with Crippen LogP contribution < -0.4 is 0 Å². The fourth-order valence-corrected chi connectivity index (χ4v) is 4.71. The van der Waals surface area contributed by atoms with Crippen LogP contribution in [0.1, 0.15) is 33.8 Å². The molecule has 5 rings (SSSR count). The molecule has 148 valence electrons. The number of nitrogens with zero attached hydrogens (tertiary/aromatic N) is 6. The van der Waals surface area contributed by atoms with E-state index < -0.39 is 0 Å². The minimum Gasteiger partial charge on any atom is -0.340 e. The van der Waals surface area contributed by atoms with E-state index in [1.165, 1.54) is 0 Å². The van der Waals surface area contributed by atoms with Crippen LogP contribution in [0.5, 0.6) is 0 Å². The number of benzene rings is 1. The van der Waals surface area contributed by atoms with Crippen molar-refractivity contribution in [2.45, 2.75) is 19.5 Å². The number of amides is 1. The first-order valence-electron chi connectivity index (χ1n) is 9.82. The Morgan fingerprint density at radius 2 is 2.03 bits per heavy atom. The van der Waals surface area contributed by atoms with Crippen molar-refractivity contribution < 1.29 is 9.32 Å². The molecule has 1 aromatic carbocycles. The van der Waals surface area contributed by atoms with E-state index in [2.05, 4.69) is 37.1 Å². The molecule has 2 aromatic heterocycles. The third-order valence-electron chi connectivity index (χ3n) is 5.86. The maximum atomic E-state index is 13.2. The minimum atomic E-state index is -0.0540. The molecule has 2 saturated heterocycles. The third kappa shape index (κ3) is 3.40. The van der Waals surface area contributed by atoms with Gasteiger partial charge in [0.25, 0.3) is 5.91 Å². The number of carbonyl (C=O) groups excluding carboxylic acids is 1. The summed E-state index contributed by atoms with van der Waals surface area (Å²) in [5.41, 5.74) is 1.56. The summed E-state index contributed by atoms with van der Waals surface area (Å²) in [6, 6.07) is 10.3. The molecule has 0 aliphatic carbocycles. The minimum absolute atomic E-state index is 0.0210. The van der Waals surface area contributed by atoms with E-state index in [1.807, 2.05) is 23.1 Å². The highest BCUT2D eigenvalue weighted by molar-refractivity contribution is 5.92. The molecule has 1 amide bonds. The SMILES string of the molecule is Cc1nc(CN2C[C@H]3CN(C(=O)c4cnccn4)[C@H](c4ccccc4)[C@H]3C2)no1. The molecule has 0 N–H and O–H groups in total. The van der Waals surface area contributed by atoms with Crippen molar-refractivity contribution >= 4 is 5.91 Å². The molecule has 3 aromatic rings. The van der Waals surface area contributed by atoms with Gasteiger partial charge in [-0.15, -0.1) is 0 Å². The third-order valence-corrected chi connectivity index (χ3v) is 5.86. The molecule has 29 heavy (non-hydrogen) atoms. The standard InChI is InChI=1S/C21H22N6O2/c1-14-24-19(25-29-14)13-26-10-16-11-27(21(28)18-9-22-7-8-23-18)20(17(16)12-26)15-5-3-2-4-6-15/h2-9,16-17,20H,10-13H2,1H3/t16-,17-,20+/m0/s1. The van der Waals surface area contributed by atoms with E-state index in [9.17, 15) is 4.79 Å². The normalized spacial score (nSPS) is 24.0. The Bertz CT molecular complexity index is 993. The number of carbonyl (C=O) groups is 1. The maximum absolute atomic E-state index is 13.2. The van der Waals surface area contributed by atoms with Crippen molar-refractivity contribution in [3.63, 3.8) is 0 Å². The summed E-state index contributed by atoms with van der Waals surface area (Å²) in [6.45, 7) is 4.98. The monoisotopic (exact) mass is 390 g/mol.